The van der Waals surface area contributed by atoms with Gasteiger partial charge >= 0.3 is 0 Å². The van der Waals surface area contributed by atoms with Gasteiger partial charge < -0.3 is 5.73 Å². The molecule has 25 heavy (non-hydrogen) atoms. The number of aromatic amines is 1. The second-order valence-electron chi connectivity index (χ2n) is 5.54. The molecule has 0 aliphatic heterocycles. The van der Waals surface area contributed by atoms with E-state index in [1.54, 1.807) is 18.0 Å². The molecule has 4 aromatic rings. The number of nitrogens with one attached hydrogen (secondary N) is 1. The average molecular weight is 344 g/mol. The van der Waals surface area contributed by atoms with Crippen molar-refractivity contribution in [3.8, 4) is 0 Å². The van der Waals surface area contributed by atoms with Crippen molar-refractivity contribution in [1.29, 1.82) is 0 Å². The van der Waals surface area contributed by atoms with Crippen molar-refractivity contribution in [2.45, 2.75) is 9.79 Å². The topological polar surface area (TPSA) is 67.6 Å². The van der Waals surface area contributed by atoms with Gasteiger partial charge in [-0.25, -0.2) is 0 Å². The van der Waals surface area contributed by atoms with E-state index in [9.17, 15) is 0 Å². The molecule has 0 spiro atoms. The van der Waals surface area contributed by atoms with Crippen LogP contribution in [0.5, 0.6) is 0 Å². The summed E-state index contributed by atoms with van der Waals surface area (Å²) in [5.41, 5.74) is 9.62. The Morgan fingerprint density at radius 1 is 0.960 bits per heavy atom. The van der Waals surface area contributed by atoms with Gasteiger partial charge in [0.25, 0.3) is 0 Å². The molecule has 0 aliphatic carbocycles. The molecule has 0 unspecified atom stereocenters. The van der Waals surface area contributed by atoms with Crippen LogP contribution < -0.4 is 5.73 Å². The van der Waals surface area contributed by atoms with E-state index in [1.807, 2.05) is 54.6 Å². The van der Waals surface area contributed by atoms with Crippen LogP contribution in [0.4, 0.5) is 5.69 Å². The number of hydrogen-bond acceptors (Lipinski definition) is 4. The first-order chi connectivity index (χ1) is 12.3. The molecule has 4 nitrogen and oxygen atoms in total. The van der Waals surface area contributed by atoms with Gasteiger partial charge in [0.15, 0.2) is 0 Å². The number of nitrogens with zero attached hydrogens (tertiary/aromatic N) is 2. The number of para-hydroxylation sites is 1. The van der Waals surface area contributed by atoms with Crippen LogP contribution in [0.25, 0.3) is 23.1 Å². The maximum Gasteiger partial charge on any atom is 0.0928 e. The van der Waals surface area contributed by atoms with Gasteiger partial charge in [0.1, 0.15) is 0 Å². The summed E-state index contributed by atoms with van der Waals surface area (Å²) in [6, 6.07) is 20.0. The predicted octanol–water partition coefficient (Wildman–Crippen LogP) is 4.86. The minimum Gasteiger partial charge on any atom is -0.398 e. The lowest BCUT2D eigenvalue weighted by molar-refractivity contribution is 1.10. The standard InChI is InChI=1S/C20H16N4S/c21-17-6-1-2-7-20(17)25-15-9-10-16-18(23-24-19(16)13-15)11-8-14-5-3-4-12-22-14/h1-13H,21H2,(H,23,24). The Hall–Kier alpha value is -3.05. The SMILES string of the molecule is Nc1ccccc1Sc1ccc2c(C=Cc3ccccn3)n[nH]c2c1. The first kappa shape index (κ1) is 15.5. The zero-order valence-electron chi connectivity index (χ0n) is 13.4. The second-order valence-corrected chi connectivity index (χ2v) is 6.66. The van der Waals surface area contributed by atoms with Crippen LogP contribution in [0.3, 0.4) is 0 Å². The number of H-pyrrole nitrogens is 1. The monoisotopic (exact) mass is 344 g/mol. The van der Waals surface area contributed by atoms with E-state index in [2.05, 4.69) is 33.4 Å². The Bertz CT molecular complexity index is 1040. The van der Waals surface area contributed by atoms with E-state index in [4.69, 9.17) is 5.73 Å². The number of rotatable bonds is 4. The number of nitrogen functional groups attached to an aromatic ring is 1. The van der Waals surface area contributed by atoms with Crippen LogP contribution in [0.1, 0.15) is 11.4 Å². The summed E-state index contributed by atoms with van der Waals surface area (Å²) in [6.45, 7) is 0. The zero-order valence-corrected chi connectivity index (χ0v) is 14.2. The Kier molecular flexibility index (Phi) is 4.23. The molecular weight excluding hydrogens is 328 g/mol. The summed E-state index contributed by atoms with van der Waals surface area (Å²) in [4.78, 5) is 6.46. The maximum absolute atomic E-state index is 6.02. The predicted molar refractivity (Wildman–Crippen MR) is 104 cm³/mol. The fourth-order valence-corrected chi connectivity index (χ4v) is 3.45. The van der Waals surface area contributed by atoms with Crippen molar-refractivity contribution in [2.24, 2.45) is 0 Å². The lowest BCUT2D eigenvalue weighted by Gasteiger charge is -2.04. The van der Waals surface area contributed by atoms with Crippen molar-refractivity contribution in [2.75, 3.05) is 5.73 Å². The van der Waals surface area contributed by atoms with Crippen molar-refractivity contribution < 1.29 is 0 Å². The van der Waals surface area contributed by atoms with E-state index in [1.165, 1.54) is 0 Å². The molecule has 0 saturated heterocycles. The van der Waals surface area contributed by atoms with E-state index >= 15 is 0 Å². The van der Waals surface area contributed by atoms with Crippen molar-refractivity contribution >= 4 is 40.5 Å². The van der Waals surface area contributed by atoms with Crippen molar-refractivity contribution in [3.05, 3.63) is 78.2 Å². The van der Waals surface area contributed by atoms with E-state index in [0.717, 1.165) is 37.8 Å². The smallest absolute Gasteiger partial charge is 0.0928 e. The van der Waals surface area contributed by atoms with Crippen LogP contribution in [-0.2, 0) is 0 Å². The third kappa shape index (κ3) is 3.41. The van der Waals surface area contributed by atoms with Gasteiger partial charge in [0.05, 0.1) is 16.9 Å². The fourth-order valence-electron chi connectivity index (χ4n) is 2.55. The van der Waals surface area contributed by atoms with Gasteiger partial charge in [0, 0.05) is 27.1 Å². The molecule has 122 valence electrons. The molecule has 0 amide bonds. The Balaban J connectivity index is 1.61. The van der Waals surface area contributed by atoms with Crippen LogP contribution in [-0.4, -0.2) is 15.2 Å². The summed E-state index contributed by atoms with van der Waals surface area (Å²) < 4.78 is 0. The Morgan fingerprint density at radius 2 is 1.84 bits per heavy atom. The minimum atomic E-state index is 0.788. The molecule has 0 fully saturated rings. The average Bonchev–Trinajstić information content (AvgIpc) is 3.05. The van der Waals surface area contributed by atoms with Gasteiger partial charge in [-0.2, -0.15) is 5.10 Å². The van der Waals surface area contributed by atoms with Crippen LogP contribution >= 0.6 is 11.8 Å². The maximum atomic E-state index is 6.02. The number of hydrogen-bond donors (Lipinski definition) is 2. The number of benzene rings is 2. The largest absolute Gasteiger partial charge is 0.398 e. The zero-order chi connectivity index (χ0) is 17.1. The number of anilines is 1. The van der Waals surface area contributed by atoms with E-state index in [-0.39, 0.29) is 0 Å². The highest BCUT2D eigenvalue weighted by atomic mass is 32.2. The Labute approximate surface area is 149 Å². The molecule has 0 bridgehead atoms. The molecule has 0 atom stereocenters. The normalized spacial score (nSPS) is 11.4. The minimum absolute atomic E-state index is 0.788. The summed E-state index contributed by atoms with van der Waals surface area (Å²) in [7, 11) is 0. The van der Waals surface area contributed by atoms with E-state index < -0.39 is 0 Å². The third-order valence-corrected chi connectivity index (χ3v) is 4.89. The van der Waals surface area contributed by atoms with Gasteiger partial charge in [-0.1, -0.05) is 30.0 Å². The number of pyridine rings is 1. The first-order valence-electron chi connectivity index (χ1n) is 7.89. The van der Waals surface area contributed by atoms with Crippen LogP contribution in [0.2, 0.25) is 0 Å². The molecular formula is C20H16N4S. The molecule has 4 rings (SSSR count). The van der Waals surface area contributed by atoms with Crippen LogP contribution in [0, 0.1) is 0 Å². The van der Waals surface area contributed by atoms with Gasteiger partial charge in [-0.15, -0.1) is 0 Å². The van der Waals surface area contributed by atoms with Gasteiger partial charge in [0.2, 0.25) is 0 Å². The highest BCUT2D eigenvalue weighted by Crippen LogP contribution is 2.33. The molecule has 5 heteroatoms. The number of nitrogens with two attached hydrogens (primary N) is 1. The molecule has 0 saturated carbocycles. The highest BCUT2D eigenvalue weighted by Gasteiger charge is 2.06. The summed E-state index contributed by atoms with van der Waals surface area (Å²) in [5.74, 6) is 0. The van der Waals surface area contributed by atoms with Crippen LogP contribution in [0.15, 0.2) is 76.7 Å². The van der Waals surface area contributed by atoms with Gasteiger partial charge in [-0.05, 0) is 54.6 Å². The number of fused-ring (bicyclic) bond motifs is 1. The Morgan fingerprint density at radius 3 is 2.68 bits per heavy atom. The summed E-state index contributed by atoms with van der Waals surface area (Å²) >= 11 is 1.65. The highest BCUT2D eigenvalue weighted by molar-refractivity contribution is 7.99. The number of aromatic nitrogens is 3. The summed E-state index contributed by atoms with van der Waals surface area (Å²) in [5, 5.41) is 8.58. The van der Waals surface area contributed by atoms with Crippen molar-refractivity contribution in [1.82, 2.24) is 15.2 Å². The molecule has 2 aromatic carbocycles. The molecule has 2 heterocycles. The molecule has 0 radical (unpaired) electrons. The molecule has 3 N–H and O–H groups in total. The van der Waals surface area contributed by atoms with Crippen molar-refractivity contribution in [3.63, 3.8) is 0 Å². The summed E-state index contributed by atoms with van der Waals surface area (Å²) in [6.07, 6.45) is 5.72. The lowest BCUT2D eigenvalue weighted by Crippen LogP contribution is -1.86. The second kappa shape index (κ2) is 6.83. The van der Waals surface area contributed by atoms with E-state index in [0.29, 0.717) is 0 Å². The fraction of sp³-hybridized carbons (Fsp3) is 0. The molecule has 2 aromatic heterocycles. The molecule has 0 aliphatic rings. The third-order valence-electron chi connectivity index (χ3n) is 3.81. The quantitative estimate of drug-likeness (QED) is 0.519. The lowest BCUT2D eigenvalue weighted by atomic mass is 10.2. The first-order valence-corrected chi connectivity index (χ1v) is 8.71. The van der Waals surface area contributed by atoms with Gasteiger partial charge in [-0.3, -0.25) is 10.1 Å².